The molecule has 6 nitrogen and oxygen atoms in total. The molecule has 0 bridgehead atoms. The first-order chi connectivity index (χ1) is 5.54. The third-order valence-corrected chi connectivity index (χ3v) is 1.92. The fraction of sp³-hybridized carbons (Fsp3) is 0.833. The van der Waals surface area contributed by atoms with Gasteiger partial charge in [0.1, 0.15) is 0 Å². The molecule has 0 radical (unpaired) electrons. The summed E-state index contributed by atoms with van der Waals surface area (Å²) in [6.07, 6.45) is -3.92. The first kappa shape index (κ1) is 9.40. The van der Waals surface area contributed by atoms with E-state index in [1.165, 1.54) is 0 Å². The number of hydrogen-bond acceptors (Lipinski definition) is 5. The van der Waals surface area contributed by atoms with E-state index in [0.717, 1.165) is 0 Å². The van der Waals surface area contributed by atoms with Crippen LogP contribution < -0.4 is 5.32 Å². The number of rotatable bonds is 2. The average molecular weight is 177 g/mol. The number of hydrogen-bond donors (Lipinski definition) is 5. The molecule has 1 fully saturated rings. The van der Waals surface area contributed by atoms with Crippen LogP contribution >= 0.6 is 0 Å². The minimum Gasteiger partial charge on any atom is -0.479 e. The van der Waals surface area contributed by atoms with E-state index in [-0.39, 0.29) is 6.54 Å². The van der Waals surface area contributed by atoms with Gasteiger partial charge in [-0.1, -0.05) is 0 Å². The third-order valence-electron chi connectivity index (χ3n) is 1.92. The molecule has 1 aliphatic heterocycles. The molecule has 12 heavy (non-hydrogen) atoms. The second-order valence-corrected chi connectivity index (χ2v) is 2.78. The van der Waals surface area contributed by atoms with Crippen LogP contribution in [0.3, 0.4) is 0 Å². The minimum absolute atomic E-state index is 0.0934. The summed E-state index contributed by atoms with van der Waals surface area (Å²) in [7, 11) is 0. The van der Waals surface area contributed by atoms with Crippen molar-refractivity contribution in [3.05, 3.63) is 0 Å². The van der Waals surface area contributed by atoms with E-state index in [4.69, 9.17) is 20.4 Å². The van der Waals surface area contributed by atoms with Gasteiger partial charge >= 0.3 is 5.97 Å². The van der Waals surface area contributed by atoms with Gasteiger partial charge < -0.3 is 25.7 Å². The molecule has 0 saturated carbocycles. The Kier molecular flexibility index (Phi) is 2.63. The maximum absolute atomic E-state index is 10.3. The molecule has 0 aromatic heterocycles. The van der Waals surface area contributed by atoms with Gasteiger partial charge in [0.05, 0.1) is 18.2 Å². The van der Waals surface area contributed by atoms with E-state index in [0.29, 0.717) is 0 Å². The minimum atomic E-state index is -1.68. The van der Waals surface area contributed by atoms with E-state index in [9.17, 15) is 4.79 Å². The predicted octanol–water partition coefficient (Wildman–Crippen LogP) is -2.87. The van der Waals surface area contributed by atoms with E-state index >= 15 is 0 Å². The molecule has 1 saturated heterocycles. The van der Waals surface area contributed by atoms with Crippen LogP contribution in [0.15, 0.2) is 0 Å². The lowest BCUT2D eigenvalue weighted by atomic mass is 10.1. The first-order valence-electron chi connectivity index (χ1n) is 3.54. The van der Waals surface area contributed by atoms with Crippen LogP contribution in [0.1, 0.15) is 0 Å². The van der Waals surface area contributed by atoms with E-state index in [1.54, 1.807) is 0 Å². The second kappa shape index (κ2) is 3.36. The van der Waals surface area contributed by atoms with E-state index < -0.39 is 30.3 Å². The van der Waals surface area contributed by atoms with Gasteiger partial charge in [0.2, 0.25) is 0 Å². The topological polar surface area (TPSA) is 110 Å². The van der Waals surface area contributed by atoms with Crippen LogP contribution in [0, 0.1) is 0 Å². The number of β-amino-alcohol motifs (C(OH)–C–C–N with tert-alkyl or cyclic N) is 1. The molecule has 0 aromatic carbocycles. The van der Waals surface area contributed by atoms with Gasteiger partial charge in [0.25, 0.3) is 0 Å². The van der Waals surface area contributed by atoms with Gasteiger partial charge in [-0.3, -0.25) is 0 Å². The van der Waals surface area contributed by atoms with Crippen LogP contribution in [0.25, 0.3) is 0 Å². The number of carboxylic acids is 1. The molecule has 0 unspecified atom stereocenters. The first-order valence-corrected chi connectivity index (χ1v) is 3.54. The predicted molar refractivity (Wildman–Crippen MR) is 37.4 cm³/mol. The second-order valence-electron chi connectivity index (χ2n) is 2.78. The van der Waals surface area contributed by atoms with Crippen LogP contribution in [-0.2, 0) is 4.79 Å². The maximum Gasteiger partial charge on any atom is 0.334 e. The Morgan fingerprint density at radius 1 is 1.50 bits per heavy atom. The highest BCUT2D eigenvalue weighted by Crippen LogP contribution is 2.11. The Labute approximate surface area is 68.4 Å². The zero-order chi connectivity index (χ0) is 9.30. The number of aliphatic carboxylic acids is 1. The summed E-state index contributed by atoms with van der Waals surface area (Å²) in [4.78, 5) is 10.3. The molecule has 1 aliphatic rings. The lowest BCUT2D eigenvalue weighted by Gasteiger charge is -2.18. The van der Waals surface area contributed by atoms with Crippen molar-refractivity contribution >= 4 is 5.97 Å². The highest BCUT2D eigenvalue weighted by Gasteiger charge is 2.40. The summed E-state index contributed by atoms with van der Waals surface area (Å²) in [5.41, 5.74) is 0. The largest absolute Gasteiger partial charge is 0.479 e. The van der Waals surface area contributed by atoms with Crippen molar-refractivity contribution in [2.45, 2.75) is 24.4 Å². The average Bonchev–Trinajstić information content (AvgIpc) is 2.32. The summed E-state index contributed by atoms with van der Waals surface area (Å²) in [5, 5.41) is 38.0. The van der Waals surface area contributed by atoms with Crippen molar-refractivity contribution in [2.75, 3.05) is 6.54 Å². The summed E-state index contributed by atoms with van der Waals surface area (Å²) >= 11 is 0. The fourth-order valence-electron chi connectivity index (χ4n) is 1.19. The lowest BCUT2D eigenvalue weighted by molar-refractivity contribution is -0.149. The van der Waals surface area contributed by atoms with Crippen LogP contribution in [0.5, 0.6) is 0 Å². The molecule has 4 atom stereocenters. The molecule has 70 valence electrons. The summed E-state index contributed by atoms with van der Waals surface area (Å²) in [5.74, 6) is -1.42. The van der Waals surface area contributed by atoms with Gasteiger partial charge in [-0.2, -0.15) is 0 Å². The van der Waals surface area contributed by atoms with E-state index in [2.05, 4.69) is 5.32 Å². The number of carboxylic acid groups (broad SMARTS) is 1. The molecular formula is C6H11NO5. The summed E-state index contributed by atoms with van der Waals surface area (Å²) in [6.45, 7) is 0.0934. The van der Waals surface area contributed by atoms with Crippen LogP contribution in [-0.4, -0.2) is 57.3 Å². The molecule has 0 spiro atoms. The highest BCUT2D eigenvalue weighted by molar-refractivity contribution is 5.73. The monoisotopic (exact) mass is 177 g/mol. The Balaban J connectivity index is 2.59. The zero-order valence-corrected chi connectivity index (χ0v) is 6.21. The van der Waals surface area contributed by atoms with Crippen molar-refractivity contribution in [3.63, 3.8) is 0 Å². The molecule has 0 amide bonds. The van der Waals surface area contributed by atoms with E-state index in [1.807, 2.05) is 0 Å². The molecule has 1 heterocycles. The Bertz CT molecular complexity index is 185. The molecular weight excluding hydrogens is 166 g/mol. The van der Waals surface area contributed by atoms with Crippen molar-refractivity contribution in [1.29, 1.82) is 0 Å². The van der Waals surface area contributed by atoms with Gasteiger partial charge in [-0.05, 0) is 0 Å². The quantitative estimate of drug-likeness (QED) is 0.310. The van der Waals surface area contributed by atoms with Crippen molar-refractivity contribution in [1.82, 2.24) is 5.32 Å². The molecule has 5 N–H and O–H groups in total. The van der Waals surface area contributed by atoms with Gasteiger partial charge in [0.15, 0.2) is 6.10 Å². The molecule has 0 aromatic rings. The summed E-state index contributed by atoms with van der Waals surface area (Å²) < 4.78 is 0. The number of aliphatic hydroxyl groups excluding tert-OH is 3. The normalized spacial score (nSPS) is 38.1. The number of nitrogens with one attached hydrogen (secondary N) is 1. The molecule has 1 rings (SSSR count). The Morgan fingerprint density at radius 3 is 2.42 bits per heavy atom. The lowest BCUT2D eigenvalue weighted by Crippen LogP contribution is -2.47. The van der Waals surface area contributed by atoms with Crippen molar-refractivity contribution < 1.29 is 25.2 Å². The standard InChI is InChI=1S/C6H11NO5/c8-2-1-7-3(4(2)9)5(10)6(11)12/h2-5,7-10H,1H2,(H,11,12)/t2-,3+,4-,5-/m1/s1. The highest BCUT2D eigenvalue weighted by atomic mass is 16.4. The fourth-order valence-corrected chi connectivity index (χ4v) is 1.19. The van der Waals surface area contributed by atoms with Crippen LogP contribution in [0.2, 0.25) is 0 Å². The van der Waals surface area contributed by atoms with Gasteiger partial charge in [-0.25, -0.2) is 4.79 Å². The summed E-state index contributed by atoms with van der Waals surface area (Å²) in [6, 6.07) is -0.988. The Morgan fingerprint density at radius 2 is 2.08 bits per heavy atom. The SMILES string of the molecule is O=C(O)[C@H](O)[C@H]1NC[C@@H](O)[C@H]1O. The smallest absolute Gasteiger partial charge is 0.334 e. The third kappa shape index (κ3) is 1.56. The van der Waals surface area contributed by atoms with Crippen molar-refractivity contribution in [3.8, 4) is 0 Å². The number of aliphatic hydroxyl groups is 3. The Hall–Kier alpha value is -0.690. The molecule has 6 heteroatoms. The zero-order valence-electron chi connectivity index (χ0n) is 6.21. The van der Waals surface area contributed by atoms with Gasteiger partial charge in [-0.15, -0.1) is 0 Å². The molecule has 0 aliphatic carbocycles. The van der Waals surface area contributed by atoms with Crippen LogP contribution in [0.4, 0.5) is 0 Å². The maximum atomic E-state index is 10.3. The van der Waals surface area contributed by atoms with Gasteiger partial charge in [0, 0.05) is 6.54 Å². The van der Waals surface area contributed by atoms with Crippen molar-refractivity contribution in [2.24, 2.45) is 0 Å². The number of carbonyl (C=O) groups is 1.